The van der Waals surface area contributed by atoms with Gasteiger partial charge in [-0.3, -0.25) is 10.1 Å². The lowest BCUT2D eigenvalue weighted by Crippen LogP contribution is -2.33. The Morgan fingerprint density at radius 2 is 1.79 bits per heavy atom. The molecule has 142 valence electrons. The van der Waals surface area contributed by atoms with Gasteiger partial charge in [0.05, 0.1) is 22.8 Å². The van der Waals surface area contributed by atoms with Crippen molar-refractivity contribution in [3.05, 3.63) is 82.6 Å². The Balaban J connectivity index is 1.65. The Labute approximate surface area is 174 Å². The number of benzene rings is 2. The van der Waals surface area contributed by atoms with E-state index in [1.54, 1.807) is 18.2 Å². The molecule has 0 saturated carbocycles. The van der Waals surface area contributed by atoms with Gasteiger partial charge in [-0.2, -0.15) is 5.10 Å². The number of hydrogen-bond donors (Lipinski definition) is 2. The topological polar surface area (TPSA) is 59.0 Å². The summed E-state index contributed by atoms with van der Waals surface area (Å²) in [6.07, 6.45) is 3.11. The summed E-state index contributed by atoms with van der Waals surface area (Å²) in [4.78, 5) is 12.1. The zero-order valence-corrected chi connectivity index (χ0v) is 17.0. The number of para-hydroxylation sites is 1. The predicted molar refractivity (Wildman–Crippen MR) is 118 cm³/mol. The number of aromatic nitrogens is 2. The standard InChI is InChI=1S/C21H19ClN4OS/c1-14-20(15(2)26(25-14)18-6-4-3-5-7-18)24-21(28)23-19(27)13-10-16-8-11-17(22)12-9-16/h3-13H,1-2H3,(H2,23,24,27,28)/b13-10+. The van der Waals surface area contributed by atoms with E-state index in [-0.39, 0.29) is 11.0 Å². The molecule has 1 amide bonds. The third-order valence-electron chi connectivity index (χ3n) is 4.06. The number of rotatable bonds is 4. The molecule has 0 aliphatic carbocycles. The molecule has 0 radical (unpaired) electrons. The summed E-state index contributed by atoms with van der Waals surface area (Å²) in [5.74, 6) is -0.321. The van der Waals surface area contributed by atoms with Crippen LogP contribution in [0.2, 0.25) is 5.02 Å². The molecule has 0 fully saturated rings. The third kappa shape index (κ3) is 4.85. The van der Waals surface area contributed by atoms with E-state index in [4.69, 9.17) is 23.8 Å². The van der Waals surface area contributed by atoms with Crippen molar-refractivity contribution < 1.29 is 4.79 Å². The highest BCUT2D eigenvalue weighted by Gasteiger charge is 2.14. The second kappa shape index (κ2) is 8.82. The number of amides is 1. The molecule has 3 aromatic rings. The summed E-state index contributed by atoms with van der Waals surface area (Å²) in [5.41, 5.74) is 4.29. The van der Waals surface area contributed by atoms with Gasteiger partial charge in [0.15, 0.2) is 5.11 Å². The lowest BCUT2D eigenvalue weighted by molar-refractivity contribution is -0.115. The summed E-state index contributed by atoms with van der Waals surface area (Å²) in [6.45, 7) is 3.83. The maximum atomic E-state index is 12.1. The van der Waals surface area contributed by atoms with Gasteiger partial charge in [0, 0.05) is 11.1 Å². The second-order valence-electron chi connectivity index (χ2n) is 6.12. The van der Waals surface area contributed by atoms with E-state index in [0.29, 0.717) is 5.02 Å². The van der Waals surface area contributed by atoms with Crippen LogP contribution in [0, 0.1) is 13.8 Å². The first-order chi connectivity index (χ1) is 13.4. The molecule has 0 atom stereocenters. The van der Waals surface area contributed by atoms with Crippen molar-refractivity contribution in [3.8, 4) is 5.69 Å². The Morgan fingerprint density at radius 1 is 1.11 bits per heavy atom. The molecule has 1 heterocycles. The number of hydrogen-bond acceptors (Lipinski definition) is 3. The van der Waals surface area contributed by atoms with Crippen LogP contribution in [0.15, 0.2) is 60.7 Å². The number of thiocarbonyl (C=S) groups is 1. The van der Waals surface area contributed by atoms with Crippen LogP contribution in [0.4, 0.5) is 5.69 Å². The van der Waals surface area contributed by atoms with Gasteiger partial charge < -0.3 is 5.32 Å². The maximum absolute atomic E-state index is 12.1. The van der Waals surface area contributed by atoms with Crippen LogP contribution in [-0.2, 0) is 4.79 Å². The Kier molecular flexibility index (Phi) is 6.23. The van der Waals surface area contributed by atoms with Crippen molar-refractivity contribution >= 4 is 46.6 Å². The van der Waals surface area contributed by atoms with Crippen LogP contribution >= 0.6 is 23.8 Å². The lowest BCUT2D eigenvalue weighted by Gasteiger charge is -2.09. The van der Waals surface area contributed by atoms with Gasteiger partial charge in [0.2, 0.25) is 5.91 Å². The van der Waals surface area contributed by atoms with E-state index in [0.717, 1.165) is 28.3 Å². The van der Waals surface area contributed by atoms with Crippen molar-refractivity contribution in [2.75, 3.05) is 5.32 Å². The molecule has 0 unspecified atom stereocenters. The van der Waals surface area contributed by atoms with Crippen molar-refractivity contribution in [2.24, 2.45) is 0 Å². The zero-order valence-electron chi connectivity index (χ0n) is 15.4. The van der Waals surface area contributed by atoms with Crippen LogP contribution in [0.5, 0.6) is 0 Å². The van der Waals surface area contributed by atoms with Crippen LogP contribution < -0.4 is 10.6 Å². The highest BCUT2D eigenvalue weighted by atomic mass is 35.5. The summed E-state index contributed by atoms with van der Waals surface area (Å²) in [5, 5.41) is 11.1. The summed E-state index contributed by atoms with van der Waals surface area (Å²) < 4.78 is 1.84. The highest BCUT2D eigenvalue weighted by Crippen LogP contribution is 2.22. The van der Waals surface area contributed by atoms with Gasteiger partial charge >= 0.3 is 0 Å². The quantitative estimate of drug-likeness (QED) is 0.484. The summed E-state index contributed by atoms with van der Waals surface area (Å²) >= 11 is 11.1. The van der Waals surface area contributed by atoms with Gasteiger partial charge in [-0.05, 0) is 62.0 Å². The SMILES string of the molecule is Cc1nn(-c2ccccc2)c(C)c1NC(=S)NC(=O)/C=C/c1ccc(Cl)cc1. The first-order valence-electron chi connectivity index (χ1n) is 8.61. The fourth-order valence-corrected chi connectivity index (χ4v) is 3.02. The van der Waals surface area contributed by atoms with E-state index in [1.165, 1.54) is 6.08 Å². The minimum absolute atomic E-state index is 0.213. The van der Waals surface area contributed by atoms with Crippen molar-refractivity contribution in [1.82, 2.24) is 15.1 Å². The molecule has 2 aromatic carbocycles. The normalized spacial score (nSPS) is 10.8. The van der Waals surface area contributed by atoms with Gasteiger partial charge in [0.25, 0.3) is 0 Å². The molecule has 0 bridgehead atoms. The van der Waals surface area contributed by atoms with E-state index in [9.17, 15) is 4.79 Å². The van der Waals surface area contributed by atoms with Crippen LogP contribution in [-0.4, -0.2) is 20.8 Å². The largest absolute Gasteiger partial charge is 0.329 e. The molecule has 3 rings (SSSR count). The monoisotopic (exact) mass is 410 g/mol. The van der Waals surface area contributed by atoms with Gasteiger partial charge in [-0.1, -0.05) is 41.9 Å². The fraction of sp³-hybridized carbons (Fsp3) is 0.0952. The molecule has 5 nitrogen and oxygen atoms in total. The van der Waals surface area contributed by atoms with Crippen molar-refractivity contribution in [3.63, 3.8) is 0 Å². The van der Waals surface area contributed by atoms with Crippen LogP contribution in [0.1, 0.15) is 17.0 Å². The molecule has 2 N–H and O–H groups in total. The van der Waals surface area contributed by atoms with E-state index in [1.807, 2.05) is 61.0 Å². The summed E-state index contributed by atoms with van der Waals surface area (Å²) in [6, 6.07) is 17.0. The predicted octanol–water partition coefficient (Wildman–Crippen LogP) is 4.67. The number of carbonyl (C=O) groups excluding carboxylic acids is 1. The van der Waals surface area contributed by atoms with E-state index >= 15 is 0 Å². The second-order valence-corrected chi connectivity index (χ2v) is 6.97. The number of carbonyl (C=O) groups is 1. The number of halogens is 1. The van der Waals surface area contributed by atoms with Crippen LogP contribution in [0.25, 0.3) is 11.8 Å². The first-order valence-corrected chi connectivity index (χ1v) is 9.40. The van der Waals surface area contributed by atoms with Crippen molar-refractivity contribution in [2.45, 2.75) is 13.8 Å². The highest BCUT2D eigenvalue weighted by molar-refractivity contribution is 7.80. The Morgan fingerprint density at radius 3 is 2.46 bits per heavy atom. The average Bonchev–Trinajstić information content (AvgIpc) is 2.96. The zero-order chi connectivity index (χ0) is 20.1. The van der Waals surface area contributed by atoms with Gasteiger partial charge in [-0.25, -0.2) is 4.68 Å². The maximum Gasteiger partial charge on any atom is 0.250 e. The molecular weight excluding hydrogens is 392 g/mol. The molecule has 0 aliphatic heterocycles. The number of nitrogens with one attached hydrogen (secondary N) is 2. The molecule has 0 saturated heterocycles. The molecule has 7 heteroatoms. The molecule has 0 aliphatic rings. The number of nitrogens with zero attached hydrogens (tertiary/aromatic N) is 2. The van der Waals surface area contributed by atoms with E-state index < -0.39 is 0 Å². The first kappa shape index (κ1) is 19.8. The molecule has 1 aromatic heterocycles. The smallest absolute Gasteiger partial charge is 0.250 e. The van der Waals surface area contributed by atoms with Gasteiger partial charge in [0.1, 0.15) is 0 Å². The number of anilines is 1. The number of aryl methyl sites for hydroxylation is 1. The van der Waals surface area contributed by atoms with Crippen molar-refractivity contribution in [1.29, 1.82) is 0 Å². The fourth-order valence-electron chi connectivity index (χ4n) is 2.69. The minimum atomic E-state index is -0.321. The van der Waals surface area contributed by atoms with Crippen LogP contribution in [0.3, 0.4) is 0 Å². The minimum Gasteiger partial charge on any atom is -0.329 e. The molecule has 0 spiro atoms. The average molecular weight is 411 g/mol. The Bertz CT molecular complexity index is 1030. The van der Waals surface area contributed by atoms with Gasteiger partial charge in [-0.15, -0.1) is 0 Å². The molecule has 28 heavy (non-hydrogen) atoms. The summed E-state index contributed by atoms with van der Waals surface area (Å²) in [7, 11) is 0. The lowest BCUT2D eigenvalue weighted by atomic mass is 10.2. The molecular formula is C21H19ClN4OS. The Hall–Kier alpha value is -2.96. The van der Waals surface area contributed by atoms with E-state index in [2.05, 4.69) is 15.7 Å². The third-order valence-corrected chi connectivity index (χ3v) is 4.52.